The Hall–Kier alpha value is -1.83. The van der Waals surface area contributed by atoms with Gasteiger partial charge in [-0.2, -0.15) is 0 Å². The molecule has 0 bridgehead atoms. The van der Waals surface area contributed by atoms with Gasteiger partial charge in [0, 0.05) is 39.3 Å². The fourth-order valence-electron chi connectivity index (χ4n) is 3.55. The summed E-state index contributed by atoms with van der Waals surface area (Å²) in [5.41, 5.74) is 1.87. The lowest BCUT2D eigenvalue weighted by molar-refractivity contribution is -0.00517. The zero-order valence-corrected chi connectivity index (χ0v) is 15.7. The highest BCUT2D eigenvalue weighted by molar-refractivity contribution is 5.93. The highest BCUT2D eigenvalue weighted by atomic mass is 16.5. The smallest absolute Gasteiger partial charge is 0.319 e. The molecule has 2 saturated heterocycles. The molecule has 26 heavy (non-hydrogen) atoms. The van der Waals surface area contributed by atoms with Gasteiger partial charge in [-0.25, -0.2) is 4.79 Å². The average molecular weight is 362 g/mol. The molecule has 2 amide bonds. The largest absolute Gasteiger partial charge is 0.379 e. The minimum absolute atomic E-state index is 0.167. The van der Waals surface area contributed by atoms with Crippen LogP contribution in [0.15, 0.2) is 24.3 Å². The first-order valence-corrected chi connectivity index (χ1v) is 9.46. The number of anilines is 2. The molecule has 144 valence electrons. The highest BCUT2D eigenvalue weighted by Gasteiger charge is 2.24. The number of nitrogens with one attached hydrogen (secondary N) is 2. The molecule has 2 N–H and O–H groups in total. The van der Waals surface area contributed by atoms with Gasteiger partial charge in [-0.15, -0.1) is 0 Å². The van der Waals surface area contributed by atoms with Gasteiger partial charge >= 0.3 is 6.03 Å². The predicted molar refractivity (Wildman–Crippen MR) is 103 cm³/mol. The number of amides is 2. The fourth-order valence-corrected chi connectivity index (χ4v) is 3.55. The van der Waals surface area contributed by atoms with Gasteiger partial charge in [-0.1, -0.05) is 12.1 Å². The Morgan fingerprint density at radius 3 is 2.58 bits per heavy atom. The number of para-hydroxylation sites is 2. The molecule has 0 aromatic heterocycles. The van der Waals surface area contributed by atoms with Crippen LogP contribution in [0.2, 0.25) is 0 Å². The Morgan fingerprint density at radius 1 is 1.15 bits per heavy atom. The number of carbonyl (C=O) groups is 1. The van der Waals surface area contributed by atoms with Crippen molar-refractivity contribution in [2.45, 2.75) is 26.1 Å². The van der Waals surface area contributed by atoms with E-state index in [1.807, 2.05) is 24.3 Å². The molecule has 3 rings (SSSR count). The summed E-state index contributed by atoms with van der Waals surface area (Å²) in [6, 6.07) is 7.78. The highest BCUT2D eigenvalue weighted by Crippen LogP contribution is 2.28. The number of hydrogen-bond donors (Lipinski definition) is 2. The van der Waals surface area contributed by atoms with E-state index in [0.29, 0.717) is 6.54 Å². The zero-order valence-electron chi connectivity index (χ0n) is 15.7. The Bertz CT molecular complexity index is 582. The second-order valence-electron chi connectivity index (χ2n) is 7.01. The molecule has 2 aliphatic heterocycles. The summed E-state index contributed by atoms with van der Waals surface area (Å²) in [4.78, 5) is 16.9. The van der Waals surface area contributed by atoms with E-state index >= 15 is 0 Å². The average Bonchev–Trinajstić information content (AvgIpc) is 2.62. The molecule has 0 spiro atoms. The summed E-state index contributed by atoms with van der Waals surface area (Å²) in [5.74, 6) is 0. The molecule has 7 heteroatoms. The Morgan fingerprint density at radius 2 is 1.85 bits per heavy atom. The number of rotatable bonds is 5. The molecule has 0 saturated carbocycles. The van der Waals surface area contributed by atoms with Gasteiger partial charge in [-0.3, -0.25) is 4.90 Å². The van der Waals surface area contributed by atoms with Crippen LogP contribution < -0.4 is 15.5 Å². The second-order valence-corrected chi connectivity index (χ2v) is 7.01. The number of carbonyl (C=O) groups excluding carboxylic acids is 1. The third kappa shape index (κ3) is 5.33. The maximum atomic E-state index is 12.3. The number of hydrogen-bond acceptors (Lipinski definition) is 5. The van der Waals surface area contributed by atoms with Crippen LogP contribution in [0.4, 0.5) is 16.2 Å². The third-order valence-electron chi connectivity index (χ3n) is 4.73. The standard InChI is InChI=1S/C19H30N4O3/c1-15-13-23(14-16(2)26-15)18-6-4-3-5-17(18)21-19(24)20-7-8-22-9-11-25-12-10-22/h3-6,15-16H,7-14H2,1-2H3,(H2,20,21,24). The van der Waals surface area contributed by atoms with Gasteiger partial charge in [-0.05, 0) is 26.0 Å². The maximum Gasteiger partial charge on any atom is 0.319 e. The molecule has 2 unspecified atom stereocenters. The van der Waals surface area contributed by atoms with Gasteiger partial charge in [0.2, 0.25) is 0 Å². The van der Waals surface area contributed by atoms with Crippen molar-refractivity contribution in [2.75, 3.05) is 62.7 Å². The molecule has 0 radical (unpaired) electrons. The van der Waals surface area contributed by atoms with E-state index in [4.69, 9.17) is 9.47 Å². The van der Waals surface area contributed by atoms with Crippen LogP contribution in [-0.4, -0.2) is 75.6 Å². The van der Waals surface area contributed by atoms with E-state index in [1.54, 1.807) is 0 Å². The Kier molecular flexibility index (Phi) is 6.71. The van der Waals surface area contributed by atoms with Crippen molar-refractivity contribution in [3.63, 3.8) is 0 Å². The normalized spacial score (nSPS) is 24.3. The van der Waals surface area contributed by atoms with Crippen LogP contribution in [0, 0.1) is 0 Å². The summed E-state index contributed by atoms with van der Waals surface area (Å²) in [7, 11) is 0. The van der Waals surface area contributed by atoms with E-state index < -0.39 is 0 Å². The fraction of sp³-hybridized carbons (Fsp3) is 0.632. The molecule has 2 aliphatic rings. The zero-order chi connectivity index (χ0) is 18.4. The minimum Gasteiger partial charge on any atom is -0.379 e. The van der Waals surface area contributed by atoms with Crippen LogP contribution in [0.1, 0.15) is 13.8 Å². The summed E-state index contributed by atoms with van der Waals surface area (Å²) in [6.07, 6.45) is 0.350. The first-order chi connectivity index (χ1) is 12.6. The molecule has 1 aromatic rings. The topological polar surface area (TPSA) is 66.1 Å². The summed E-state index contributed by atoms with van der Waals surface area (Å²) in [5, 5.41) is 5.95. The number of morpholine rings is 2. The Labute approximate surface area is 155 Å². The number of ether oxygens (including phenoxy) is 2. The third-order valence-corrected chi connectivity index (χ3v) is 4.73. The van der Waals surface area contributed by atoms with Gasteiger partial charge < -0.3 is 25.0 Å². The monoisotopic (exact) mass is 362 g/mol. The van der Waals surface area contributed by atoms with Crippen molar-refractivity contribution in [2.24, 2.45) is 0 Å². The number of urea groups is 1. The molecule has 2 heterocycles. The van der Waals surface area contributed by atoms with Crippen molar-refractivity contribution in [1.82, 2.24) is 10.2 Å². The predicted octanol–water partition coefficient (Wildman–Crippen LogP) is 1.75. The SMILES string of the molecule is CC1CN(c2ccccc2NC(=O)NCCN2CCOCC2)CC(C)O1. The summed E-state index contributed by atoms with van der Waals surface area (Å²) in [6.45, 7) is 10.7. The van der Waals surface area contributed by atoms with Crippen molar-refractivity contribution >= 4 is 17.4 Å². The van der Waals surface area contributed by atoms with E-state index in [1.165, 1.54) is 0 Å². The summed E-state index contributed by atoms with van der Waals surface area (Å²) >= 11 is 0. The van der Waals surface area contributed by atoms with Crippen molar-refractivity contribution in [1.29, 1.82) is 0 Å². The van der Waals surface area contributed by atoms with Crippen molar-refractivity contribution in [3.05, 3.63) is 24.3 Å². The Balaban J connectivity index is 1.53. The minimum atomic E-state index is -0.167. The van der Waals surface area contributed by atoms with Crippen LogP contribution in [0.5, 0.6) is 0 Å². The molecule has 1 aromatic carbocycles. The lowest BCUT2D eigenvalue weighted by Gasteiger charge is -2.37. The molecule has 7 nitrogen and oxygen atoms in total. The number of benzene rings is 1. The molecule has 2 fully saturated rings. The first-order valence-electron chi connectivity index (χ1n) is 9.46. The van der Waals surface area contributed by atoms with Gasteiger partial charge in [0.1, 0.15) is 0 Å². The second kappa shape index (κ2) is 9.21. The van der Waals surface area contributed by atoms with Gasteiger partial charge in [0.15, 0.2) is 0 Å². The maximum absolute atomic E-state index is 12.3. The van der Waals surface area contributed by atoms with Crippen molar-refractivity contribution in [3.8, 4) is 0 Å². The van der Waals surface area contributed by atoms with Crippen LogP contribution in [0.3, 0.4) is 0 Å². The van der Waals surface area contributed by atoms with E-state index in [-0.39, 0.29) is 18.2 Å². The van der Waals surface area contributed by atoms with Crippen molar-refractivity contribution < 1.29 is 14.3 Å². The lowest BCUT2D eigenvalue weighted by atomic mass is 10.1. The molecule has 2 atom stereocenters. The number of nitrogens with zero attached hydrogens (tertiary/aromatic N) is 2. The molecule has 0 aliphatic carbocycles. The summed E-state index contributed by atoms with van der Waals surface area (Å²) < 4.78 is 11.2. The first kappa shape index (κ1) is 18.9. The molecular weight excluding hydrogens is 332 g/mol. The van der Waals surface area contributed by atoms with Crippen LogP contribution in [-0.2, 0) is 9.47 Å². The molecular formula is C19H30N4O3. The van der Waals surface area contributed by atoms with Gasteiger partial charge in [0.25, 0.3) is 0 Å². The quantitative estimate of drug-likeness (QED) is 0.835. The van der Waals surface area contributed by atoms with Gasteiger partial charge in [0.05, 0.1) is 36.8 Å². The van der Waals surface area contributed by atoms with Crippen LogP contribution in [0.25, 0.3) is 0 Å². The lowest BCUT2D eigenvalue weighted by Crippen LogP contribution is -2.46. The van der Waals surface area contributed by atoms with Crippen LogP contribution >= 0.6 is 0 Å². The van der Waals surface area contributed by atoms with E-state index in [0.717, 1.165) is 57.3 Å². The van der Waals surface area contributed by atoms with E-state index in [2.05, 4.69) is 34.3 Å². The van der Waals surface area contributed by atoms with E-state index in [9.17, 15) is 4.79 Å².